The van der Waals surface area contributed by atoms with E-state index in [2.05, 4.69) is 19.9 Å². The van der Waals surface area contributed by atoms with Crippen LogP contribution in [0.3, 0.4) is 0 Å². The predicted molar refractivity (Wildman–Crippen MR) is 77.9 cm³/mol. The second kappa shape index (κ2) is 7.58. The van der Waals surface area contributed by atoms with Gasteiger partial charge in [-0.1, -0.05) is 26.8 Å². The minimum atomic E-state index is 0.145. The van der Waals surface area contributed by atoms with Crippen molar-refractivity contribution in [2.75, 3.05) is 4.90 Å². The summed E-state index contributed by atoms with van der Waals surface area (Å²) in [6.07, 6.45) is 3.23. The summed E-state index contributed by atoms with van der Waals surface area (Å²) in [7, 11) is 0. The molecule has 3 heteroatoms. The van der Waals surface area contributed by atoms with Crippen LogP contribution in [0, 0.1) is 11.3 Å². The summed E-state index contributed by atoms with van der Waals surface area (Å²) in [6.45, 7) is 6.19. The summed E-state index contributed by atoms with van der Waals surface area (Å²) in [5.74, 6) is 0.145. The molecule has 0 aliphatic rings. The van der Waals surface area contributed by atoms with E-state index in [1.165, 1.54) is 0 Å². The molecule has 1 rings (SSSR count). The van der Waals surface area contributed by atoms with Crippen molar-refractivity contribution < 1.29 is 4.79 Å². The molecule has 0 radical (unpaired) electrons. The van der Waals surface area contributed by atoms with Gasteiger partial charge in [-0.3, -0.25) is 4.79 Å². The van der Waals surface area contributed by atoms with Crippen LogP contribution in [-0.4, -0.2) is 11.9 Å². The lowest BCUT2D eigenvalue weighted by molar-refractivity contribution is -0.119. The normalized spacial score (nSPS) is 10.3. The molecule has 0 unspecified atom stereocenters. The number of rotatable bonds is 6. The molecule has 0 saturated carbocycles. The Hall–Kier alpha value is -1.82. The van der Waals surface area contributed by atoms with E-state index < -0.39 is 0 Å². The molecule has 3 nitrogen and oxygen atoms in total. The van der Waals surface area contributed by atoms with Crippen LogP contribution < -0.4 is 4.90 Å². The van der Waals surface area contributed by atoms with Gasteiger partial charge in [0.1, 0.15) is 0 Å². The lowest BCUT2D eigenvalue weighted by atomic mass is 10.1. The fourth-order valence-electron chi connectivity index (χ4n) is 2.27. The standard InChI is InChI=1S/C16H22N2O/c1-4-8-16(19)18(14(5-2)6-3)15-10-7-9-13(11-15)12-17/h7,9-11,14H,4-6,8H2,1-3H3. The SMILES string of the molecule is CCCC(=O)N(c1cccc(C#N)c1)C(CC)CC. The first kappa shape index (κ1) is 15.2. The van der Waals surface area contributed by atoms with E-state index in [0.29, 0.717) is 12.0 Å². The molecule has 0 aliphatic carbocycles. The monoisotopic (exact) mass is 258 g/mol. The van der Waals surface area contributed by atoms with Crippen LogP contribution in [0.25, 0.3) is 0 Å². The zero-order chi connectivity index (χ0) is 14.3. The molecule has 1 amide bonds. The summed E-state index contributed by atoms with van der Waals surface area (Å²) < 4.78 is 0. The number of carbonyl (C=O) groups is 1. The third-order valence-corrected chi connectivity index (χ3v) is 3.29. The maximum Gasteiger partial charge on any atom is 0.227 e. The third-order valence-electron chi connectivity index (χ3n) is 3.29. The first-order valence-electron chi connectivity index (χ1n) is 7.00. The summed E-state index contributed by atoms with van der Waals surface area (Å²) in [6, 6.07) is 9.64. The molecule has 0 N–H and O–H groups in total. The molecule has 0 fully saturated rings. The van der Waals surface area contributed by atoms with E-state index in [9.17, 15) is 4.79 Å². The Kier molecular flexibility index (Phi) is 6.08. The number of amides is 1. The Labute approximate surface area is 115 Å². The highest BCUT2D eigenvalue weighted by Gasteiger charge is 2.22. The first-order valence-corrected chi connectivity index (χ1v) is 7.00. The van der Waals surface area contributed by atoms with Crippen LogP contribution in [0.15, 0.2) is 24.3 Å². The summed E-state index contributed by atoms with van der Waals surface area (Å²) in [4.78, 5) is 14.2. The van der Waals surface area contributed by atoms with E-state index in [4.69, 9.17) is 5.26 Å². The Morgan fingerprint density at radius 2 is 2.00 bits per heavy atom. The van der Waals surface area contributed by atoms with Crippen molar-refractivity contribution in [3.8, 4) is 6.07 Å². The molecule has 0 atom stereocenters. The molecule has 102 valence electrons. The number of hydrogen-bond acceptors (Lipinski definition) is 2. The second-order valence-electron chi connectivity index (χ2n) is 4.65. The van der Waals surface area contributed by atoms with E-state index in [0.717, 1.165) is 24.9 Å². The van der Waals surface area contributed by atoms with Gasteiger partial charge in [-0.15, -0.1) is 0 Å². The molecule has 0 aliphatic heterocycles. The zero-order valence-electron chi connectivity index (χ0n) is 12.0. The van der Waals surface area contributed by atoms with Gasteiger partial charge in [-0.05, 0) is 37.5 Å². The van der Waals surface area contributed by atoms with Crippen LogP contribution in [0.2, 0.25) is 0 Å². The van der Waals surface area contributed by atoms with Crippen molar-refractivity contribution in [2.24, 2.45) is 0 Å². The van der Waals surface area contributed by atoms with Gasteiger partial charge in [0.25, 0.3) is 0 Å². The molecule has 0 bridgehead atoms. The van der Waals surface area contributed by atoms with Gasteiger partial charge in [0.15, 0.2) is 0 Å². The average Bonchev–Trinajstić information content (AvgIpc) is 2.44. The molecule has 0 spiro atoms. The molecular weight excluding hydrogens is 236 g/mol. The molecular formula is C16H22N2O. The predicted octanol–water partition coefficient (Wildman–Crippen LogP) is 3.88. The maximum atomic E-state index is 12.3. The maximum absolute atomic E-state index is 12.3. The number of nitrogens with zero attached hydrogens (tertiary/aromatic N) is 2. The number of anilines is 1. The topological polar surface area (TPSA) is 44.1 Å². The summed E-state index contributed by atoms with van der Waals surface area (Å²) in [5, 5.41) is 8.99. The van der Waals surface area contributed by atoms with Crippen molar-refractivity contribution >= 4 is 11.6 Å². The fourth-order valence-corrected chi connectivity index (χ4v) is 2.27. The minimum absolute atomic E-state index is 0.145. The molecule has 0 saturated heterocycles. The van der Waals surface area contributed by atoms with Gasteiger partial charge in [-0.2, -0.15) is 5.26 Å². The molecule has 0 aromatic heterocycles. The Morgan fingerprint density at radius 3 is 2.53 bits per heavy atom. The number of carbonyl (C=O) groups excluding carboxylic acids is 1. The van der Waals surface area contributed by atoms with E-state index in [1.54, 1.807) is 12.1 Å². The summed E-state index contributed by atoms with van der Waals surface area (Å²) in [5.41, 5.74) is 1.43. The smallest absolute Gasteiger partial charge is 0.227 e. The van der Waals surface area contributed by atoms with Gasteiger partial charge in [-0.25, -0.2) is 0 Å². The largest absolute Gasteiger partial charge is 0.309 e. The van der Waals surface area contributed by atoms with E-state index in [1.807, 2.05) is 24.0 Å². The molecule has 1 aromatic carbocycles. The van der Waals surface area contributed by atoms with Gasteiger partial charge in [0.2, 0.25) is 5.91 Å². The van der Waals surface area contributed by atoms with Gasteiger partial charge in [0.05, 0.1) is 11.6 Å². The highest BCUT2D eigenvalue weighted by molar-refractivity contribution is 5.94. The van der Waals surface area contributed by atoms with Crippen molar-refractivity contribution in [1.82, 2.24) is 0 Å². The second-order valence-corrected chi connectivity index (χ2v) is 4.65. The highest BCUT2D eigenvalue weighted by atomic mass is 16.2. The third kappa shape index (κ3) is 3.82. The Bertz CT molecular complexity index is 458. The first-order chi connectivity index (χ1) is 9.17. The van der Waals surface area contributed by atoms with Crippen molar-refractivity contribution in [3.05, 3.63) is 29.8 Å². The van der Waals surface area contributed by atoms with E-state index >= 15 is 0 Å². The Morgan fingerprint density at radius 1 is 1.32 bits per heavy atom. The summed E-state index contributed by atoms with van der Waals surface area (Å²) >= 11 is 0. The fraction of sp³-hybridized carbons (Fsp3) is 0.500. The van der Waals surface area contributed by atoms with Crippen molar-refractivity contribution in [3.63, 3.8) is 0 Å². The highest BCUT2D eigenvalue weighted by Crippen LogP contribution is 2.23. The number of hydrogen-bond donors (Lipinski definition) is 0. The average molecular weight is 258 g/mol. The number of nitriles is 1. The van der Waals surface area contributed by atoms with Crippen LogP contribution >= 0.6 is 0 Å². The lowest BCUT2D eigenvalue weighted by Gasteiger charge is -2.31. The van der Waals surface area contributed by atoms with Crippen molar-refractivity contribution in [1.29, 1.82) is 5.26 Å². The lowest BCUT2D eigenvalue weighted by Crippen LogP contribution is -2.39. The number of benzene rings is 1. The van der Waals surface area contributed by atoms with Crippen LogP contribution in [0.5, 0.6) is 0 Å². The van der Waals surface area contributed by atoms with Gasteiger partial charge in [0, 0.05) is 18.2 Å². The molecule has 0 heterocycles. The molecule has 19 heavy (non-hydrogen) atoms. The van der Waals surface area contributed by atoms with Crippen LogP contribution in [0.1, 0.15) is 52.0 Å². The van der Waals surface area contributed by atoms with Crippen LogP contribution in [-0.2, 0) is 4.79 Å². The minimum Gasteiger partial charge on any atom is -0.309 e. The quantitative estimate of drug-likeness (QED) is 0.777. The van der Waals surface area contributed by atoms with Gasteiger partial charge >= 0.3 is 0 Å². The van der Waals surface area contributed by atoms with E-state index in [-0.39, 0.29) is 11.9 Å². The van der Waals surface area contributed by atoms with Gasteiger partial charge < -0.3 is 4.90 Å². The zero-order valence-corrected chi connectivity index (χ0v) is 12.0. The Balaban J connectivity index is 3.14. The molecule has 1 aromatic rings. The van der Waals surface area contributed by atoms with Crippen LogP contribution in [0.4, 0.5) is 5.69 Å². The van der Waals surface area contributed by atoms with Crippen molar-refractivity contribution in [2.45, 2.75) is 52.5 Å².